The Bertz CT molecular complexity index is 1170. The van der Waals surface area contributed by atoms with Crippen molar-refractivity contribution in [1.29, 1.82) is 0 Å². The van der Waals surface area contributed by atoms with Crippen molar-refractivity contribution in [3.63, 3.8) is 0 Å². The second kappa shape index (κ2) is 9.84. The molecule has 5 nitrogen and oxygen atoms in total. The summed E-state index contributed by atoms with van der Waals surface area (Å²) in [6.45, 7) is 2.21. The Balaban J connectivity index is 1.32. The number of aromatic nitrogens is 2. The molecule has 3 aromatic rings. The molecule has 4 atom stereocenters. The first-order chi connectivity index (χ1) is 16.6. The number of fused-ring (bicyclic) bond motifs is 2. The number of aromatic amines is 1. The van der Waals surface area contributed by atoms with Gasteiger partial charge in [-0.2, -0.15) is 0 Å². The number of nitrogens with zero attached hydrogens (tertiary/aromatic N) is 1. The molecular weight excluding hydrogens is 429 g/mol. The highest BCUT2D eigenvalue weighted by Gasteiger charge is 2.40. The lowest BCUT2D eigenvalue weighted by Gasteiger charge is -2.43. The topological polar surface area (TPSA) is 67.0 Å². The molecule has 34 heavy (non-hydrogen) atoms. The summed E-state index contributed by atoms with van der Waals surface area (Å²) in [4.78, 5) is 19.9. The molecule has 2 heterocycles. The first-order valence-electron chi connectivity index (χ1n) is 12.1. The van der Waals surface area contributed by atoms with Crippen molar-refractivity contribution >= 4 is 12.2 Å². The number of benzene rings is 1. The van der Waals surface area contributed by atoms with Crippen LogP contribution < -0.4 is 5.32 Å². The van der Waals surface area contributed by atoms with Crippen molar-refractivity contribution in [2.75, 3.05) is 6.61 Å². The molecule has 2 aliphatic rings. The van der Waals surface area contributed by atoms with Crippen LogP contribution in [0.15, 0.2) is 60.9 Å². The van der Waals surface area contributed by atoms with Gasteiger partial charge in [0.25, 0.3) is 0 Å². The molecule has 1 saturated carbocycles. The van der Waals surface area contributed by atoms with Crippen molar-refractivity contribution in [3.05, 3.63) is 83.7 Å². The molecule has 0 unspecified atom stereocenters. The number of ether oxygens (including phenoxy) is 1. The minimum Gasteiger partial charge on any atom is -0.450 e. The van der Waals surface area contributed by atoms with Gasteiger partial charge in [-0.05, 0) is 85.9 Å². The van der Waals surface area contributed by atoms with E-state index in [9.17, 15) is 9.18 Å². The quantitative estimate of drug-likeness (QED) is 0.484. The van der Waals surface area contributed by atoms with E-state index in [1.165, 1.54) is 23.4 Å². The summed E-state index contributed by atoms with van der Waals surface area (Å²) in [7, 11) is 0. The van der Waals surface area contributed by atoms with Gasteiger partial charge in [0.15, 0.2) is 0 Å². The summed E-state index contributed by atoms with van der Waals surface area (Å²) >= 11 is 0. The molecular formula is C28H30FN3O2. The van der Waals surface area contributed by atoms with Gasteiger partial charge in [-0.1, -0.05) is 24.3 Å². The van der Waals surface area contributed by atoms with Crippen LogP contribution in [0.3, 0.4) is 0 Å². The van der Waals surface area contributed by atoms with E-state index in [0.29, 0.717) is 24.4 Å². The van der Waals surface area contributed by atoms with E-state index in [1.54, 1.807) is 12.3 Å². The predicted octanol–water partition coefficient (Wildman–Crippen LogP) is 6.10. The highest BCUT2D eigenvalue weighted by molar-refractivity contribution is 5.67. The normalized spacial score (nSPS) is 23.8. The number of hydrogen-bond acceptors (Lipinski definition) is 3. The summed E-state index contributed by atoms with van der Waals surface area (Å²) in [5.74, 6) is 1.10. The molecule has 2 aromatic heterocycles. The fourth-order valence-corrected chi connectivity index (χ4v) is 5.65. The summed E-state index contributed by atoms with van der Waals surface area (Å²) in [6.07, 6.45) is 11.9. The Morgan fingerprint density at radius 2 is 2.15 bits per heavy atom. The maximum atomic E-state index is 13.5. The van der Waals surface area contributed by atoms with Crippen LogP contribution in [0.4, 0.5) is 9.18 Å². The molecule has 0 saturated heterocycles. The van der Waals surface area contributed by atoms with E-state index in [2.05, 4.69) is 33.5 Å². The summed E-state index contributed by atoms with van der Waals surface area (Å²) in [5, 5.41) is 3.04. The van der Waals surface area contributed by atoms with Crippen LogP contribution in [-0.4, -0.2) is 28.7 Å². The summed E-state index contributed by atoms with van der Waals surface area (Å²) in [5.41, 5.74) is 5.27. The number of alkyl carbamates (subject to hydrolysis) is 1. The van der Waals surface area contributed by atoms with E-state index in [4.69, 9.17) is 4.74 Å². The number of halogens is 1. The molecule has 2 N–H and O–H groups in total. The van der Waals surface area contributed by atoms with Crippen molar-refractivity contribution in [3.8, 4) is 11.1 Å². The zero-order valence-electron chi connectivity index (χ0n) is 19.3. The van der Waals surface area contributed by atoms with Gasteiger partial charge in [0.2, 0.25) is 0 Å². The number of allylic oxidation sites excluding steroid dienone is 1. The first-order valence-corrected chi connectivity index (χ1v) is 12.1. The van der Waals surface area contributed by atoms with Crippen LogP contribution in [0.2, 0.25) is 0 Å². The maximum absolute atomic E-state index is 13.5. The monoisotopic (exact) mass is 459 g/mol. The average molecular weight is 460 g/mol. The summed E-state index contributed by atoms with van der Waals surface area (Å²) in [6, 6.07) is 12.9. The lowest BCUT2D eigenvalue weighted by molar-refractivity contribution is 0.129. The standard InChI is InChI=1S/C28H30FN3O2/c1-2-34-28(33)32-23-9-10-24-20(15-23)16-27-26(12-13-30-27)25(24)11-8-22-7-6-19(17-31-22)18-4-3-5-21(29)14-18/h3-8,11-14,17,20,23-25,30H,2,9-10,15-16H2,1H3,(H,32,33)/b11-8+/t20-,23-,24+,25-/m0/s1. The predicted molar refractivity (Wildman–Crippen MR) is 131 cm³/mol. The fraction of sp³-hybridized carbons (Fsp3) is 0.357. The number of rotatable bonds is 5. The summed E-state index contributed by atoms with van der Waals surface area (Å²) < 4.78 is 18.6. The van der Waals surface area contributed by atoms with Crippen molar-refractivity contribution in [1.82, 2.24) is 15.3 Å². The van der Waals surface area contributed by atoms with Gasteiger partial charge in [-0.3, -0.25) is 4.98 Å². The molecule has 0 bridgehead atoms. The van der Waals surface area contributed by atoms with Gasteiger partial charge < -0.3 is 15.0 Å². The zero-order chi connectivity index (χ0) is 23.5. The average Bonchev–Trinajstić information content (AvgIpc) is 3.30. The molecule has 0 spiro atoms. The number of amides is 1. The van der Waals surface area contributed by atoms with Gasteiger partial charge in [0.05, 0.1) is 12.3 Å². The lowest BCUT2D eigenvalue weighted by atomic mass is 9.64. The molecule has 1 aromatic carbocycles. The molecule has 6 heteroatoms. The second-order valence-electron chi connectivity index (χ2n) is 9.28. The molecule has 176 valence electrons. The molecule has 0 aliphatic heterocycles. The minimum atomic E-state index is -0.313. The van der Waals surface area contributed by atoms with Gasteiger partial charge in [0, 0.05) is 35.6 Å². The van der Waals surface area contributed by atoms with Gasteiger partial charge in [-0.25, -0.2) is 9.18 Å². The Labute approximate surface area is 199 Å². The van der Waals surface area contributed by atoms with Crippen LogP contribution in [0.5, 0.6) is 0 Å². The van der Waals surface area contributed by atoms with Crippen LogP contribution in [-0.2, 0) is 11.2 Å². The van der Waals surface area contributed by atoms with E-state index in [-0.39, 0.29) is 18.0 Å². The van der Waals surface area contributed by atoms with E-state index in [1.807, 2.05) is 31.3 Å². The van der Waals surface area contributed by atoms with Gasteiger partial charge in [-0.15, -0.1) is 0 Å². The lowest BCUT2D eigenvalue weighted by Crippen LogP contribution is -2.44. The molecule has 0 radical (unpaired) electrons. The second-order valence-corrected chi connectivity index (χ2v) is 9.28. The molecule has 2 aliphatic carbocycles. The molecule has 1 amide bonds. The van der Waals surface area contributed by atoms with Crippen molar-refractivity contribution < 1.29 is 13.9 Å². The zero-order valence-corrected chi connectivity index (χ0v) is 19.3. The van der Waals surface area contributed by atoms with E-state index >= 15 is 0 Å². The smallest absolute Gasteiger partial charge is 0.407 e. The van der Waals surface area contributed by atoms with Crippen molar-refractivity contribution in [2.45, 2.75) is 44.6 Å². The van der Waals surface area contributed by atoms with Gasteiger partial charge >= 0.3 is 6.09 Å². The third kappa shape index (κ3) is 4.76. The number of carbonyl (C=O) groups is 1. The molecule has 5 rings (SSSR count). The highest BCUT2D eigenvalue weighted by atomic mass is 19.1. The Morgan fingerprint density at radius 3 is 2.94 bits per heavy atom. The third-order valence-corrected chi connectivity index (χ3v) is 7.21. The SMILES string of the molecule is CCOC(=O)N[C@H]1CC[C@@H]2[C@H](Cc3[nH]ccc3[C@H]2/C=C/c2ccc(-c3cccc(F)c3)cn2)C1. The van der Waals surface area contributed by atoms with E-state index in [0.717, 1.165) is 42.5 Å². The largest absolute Gasteiger partial charge is 0.450 e. The number of nitrogens with one attached hydrogen (secondary N) is 2. The van der Waals surface area contributed by atoms with Crippen LogP contribution in [0.1, 0.15) is 49.1 Å². The number of pyridine rings is 1. The fourth-order valence-electron chi connectivity index (χ4n) is 5.65. The number of H-pyrrole nitrogens is 1. The van der Waals surface area contributed by atoms with E-state index < -0.39 is 0 Å². The Hall–Kier alpha value is -3.41. The highest BCUT2D eigenvalue weighted by Crippen LogP contribution is 2.47. The van der Waals surface area contributed by atoms with Crippen LogP contribution >= 0.6 is 0 Å². The maximum Gasteiger partial charge on any atom is 0.407 e. The van der Waals surface area contributed by atoms with Crippen LogP contribution in [0.25, 0.3) is 17.2 Å². The number of carbonyl (C=O) groups excluding carboxylic acids is 1. The third-order valence-electron chi connectivity index (χ3n) is 7.21. The Morgan fingerprint density at radius 1 is 1.24 bits per heavy atom. The minimum absolute atomic E-state index is 0.165. The first kappa shape index (κ1) is 22.4. The number of hydrogen-bond donors (Lipinski definition) is 2. The molecule has 1 fully saturated rings. The van der Waals surface area contributed by atoms with Crippen LogP contribution in [0, 0.1) is 17.7 Å². The van der Waals surface area contributed by atoms with Crippen molar-refractivity contribution in [2.24, 2.45) is 11.8 Å². The Kier molecular flexibility index (Phi) is 6.48. The van der Waals surface area contributed by atoms with Gasteiger partial charge in [0.1, 0.15) is 5.82 Å².